The summed E-state index contributed by atoms with van der Waals surface area (Å²) >= 11 is 0. The van der Waals surface area contributed by atoms with E-state index in [9.17, 15) is 5.11 Å². The van der Waals surface area contributed by atoms with Gasteiger partial charge in [-0.3, -0.25) is 0 Å². The third kappa shape index (κ3) is 4.35. The van der Waals surface area contributed by atoms with Gasteiger partial charge in [-0.2, -0.15) is 0 Å². The van der Waals surface area contributed by atoms with Gasteiger partial charge in [-0.1, -0.05) is 18.6 Å². The van der Waals surface area contributed by atoms with Gasteiger partial charge in [0.25, 0.3) is 0 Å². The van der Waals surface area contributed by atoms with Crippen LogP contribution in [0.3, 0.4) is 0 Å². The molecule has 0 aromatic carbocycles. The van der Waals surface area contributed by atoms with Gasteiger partial charge in [-0.15, -0.1) is 0 Å². The minimum absolute atomic E-state index is 0.602. The molecular formula is C13H25NO. The van der Waals surface area contributed by atoms with Crippen molar-refractivity contribution >= 4 is 0 Å². The fraction of sp³-hybridized carbons (Fsp3) is 0.846. The summed E-state index contributed by atoms with van der Waals surface area (Å²) < 4.78 is 0. The quantitative estimate of drug-likeness (QED) is 0.700. The molecule has 0 spiro atoms. The van der Waals surface area contributed by atoms with Crippen molar-refractivity contribution in [1.29, 1.82) is 0 Å². The van der Waals surface area contributed by atoms with E-state index >= 15 is 0 Å². The standard InChI is InChI=1S/C13H25NO/c1-10-6-5-7-11(2)12(10)8-14-9-13(3,4)15/h6,11-12,14-15H,5,7-9H2,1-4H3/t11-,12+/m0/s1. The highest BCUT2D eigenvalue weighted by molar-refractivity contribution is 5.09. The van der Waals surface area contributed by atoms with Crippen molar-refractivity contribution in [2.45, 2.75) is 46.1 Å². The lowest BCUT2D eigenvalue weighted by molar-refractivity contribution is 0.0782. The zero-order valence-corrected chi connectivity index (χ0v) is 10.5. The Balaban J connectivity index is 2.37. The number of allylic oxidation sites excluding steroid dienone is 1. The Morgan fingerprint density at radius 3 is 2.73 bits per heavy atom. The molecule has 2 atom stereocenters. The number of hydrogen-bond acceptors (Lipinski definition) is 2. The van der Waals surface area contributed by atoms with Crippen LogP contribution < -0.4 is 5.32 Å². The molecule has 0 fully saturated rings. The predicted molar refractivity (Wildman–Crippen MR) is 64.8 cm³/mol. The summed E-state index contributed by atoms with van der Waals surface area (Å²) in [4.78, 5) is 0. The molecule has 1 aliphatic rings. The molecule has 2 N–H and O–H groups in total. The first-order valence-electron chi connectivity index (χ1n) is 6.00. The third-order valence-electron chi connectivity index (χ3n) is 3.28. The van der Waals surface area contributed by atoms with Gasteiger partial charge in [0.05, 0.1) is 5.60 Å². The molecule has 0 bridgehead atoms. The summed E-state index contributed by atoms with van der Waals surface area (Å²) in [6.45, 7) is 9.90. The largest absolute Gasteiger partial charge is 0.389 e. The van der Waals surface area contributed by atoms with Crippen molar-refractivity contribution in [3.63, 3.8) is 0 Å². The Bertz CT molecular complexity index is 227. The minimum Gasteiger partial charge on any atom is -0.389 e. The highest BCUT2D eigenvalue weighted by Gasteiger charge is 2.22. The first kappa shape index (κ1) is 12.7. The van der Waals surface area contributed by atoms with Crippen LogP contribution in [-0.4, -0.2) is 23.8 Å². The average Bonchev–Trinajstić information content (AvgIpc) is 2.08. The van der Waals surface area contributed by atoms with Crippen LogP contribution in [0, 0.1) is 11.8 Å². The lowest BCUT2D eigenvalue weighted by Crippen LogP contribution is -2.39. The maximum atomic E-state index is 9.60. The summed E-state index contributed by atoms with van der Waals surface area (Å²) in [6.07, 6.45) is 4.89. The number of aliphatic hydroxyl groups is 1. The molecule has 0 radical (unpaired) electrons. The number of hydrogen-bond donors (Lipinski definition) is 2. The van der Waals surface area contributed by atoms with E-state index in [0.717, 1.165) is 12.5 Å². The average molecular weight is 211 g/mol. The monoisotopic (exact) mass is 211 g/mol. The third-order valence-corrected chi connectivity index (χ3v) is 3.28. The van der Waals surface area contributed by atoms with E-state index in [1.807, 2.05) is 13.8 Å². The SMILES string of the molecule is CC1=CCC[C@H](C)[C@@H]1CNCC(C)(C)O. The number of nitrogens with one attached hydrogen (secondary N) is 1. The van der Waals surface area contributed by atoms with Crippen LogP contribution in [0.5, 0.6) is 0 Å². The second kappa shape index (κ2) is 5.13. The van der Waals surface area contributed by atoms with Gasteiger partial charge in [0.1, 0.15) is 0 Å². The van der Waals surface area contributed by atoms with Crippen molar-refractivity contribution in [3.8, 4) is 0 Å². The molecule has 2 nitrogen and oxygen atoms in total. The lowest BCUT2D eigenvalue weighted by Gasteiger charge is -2.30. The van der Waals surface area contributed by atoms with E-state index in [4.69, 9.17) is 0 Å². The maximum Gasteiger partial charge on any atom is 0.0715 e. The highest BCUT2D eigenvalue weighted by Crippen LogP contribution is 2.29. The van der Waals surface area contributed by atoms with E-state index in [0.29, 0.717) is 12.5 Å². The molecule has 1 aliphatic carbocycles. The van der Waals surface area contributed by atoms with E-state index in [2.05, 4.69) is 25.2 Å². The molecule has 0 amide bonds. The van der Waals surface area contributed by atoms with Crippen LogP contribution in [0.2, 0.25) is 0 Å². The van der Waals surface area contributed by atoms with Gasteiger partial charge in [0, 0.05) is 13.1 Å². The molecule has 0 saturated heterocycles. The molecular weight excluding hydrogens is 186 g/mol. The molecule has 88 valence electrons. The summed E-state index contributed by atoms with van der Waals surface area (Å²) in [5, 5.41) is 13.0. The molecule has 0 aliphatic heterocycles. The topological polar surface area (TPSA) is 32.3 Å². The van der Waals surface area contributed by atoms with Gasteiger partial charge in [-0.25, -0.2) is 0 Å². The van der Waals surface area contributed by atoms with Gasteiger partial charge < -0.3 is 10.4 Å². The van der Waals surface area contributed by atoms with Gasteiger partial charge in [0.2, 0.25) is 0 Å². The van der Waals surface area contributed by atoms with Crippen LogP contribution in [0.1, 0.15) is 40.5 Å². The first-order valence-corrected chi connectivity index (χ1v) is 6.00. The van der Waals surface area contributed by atoms with Crippen LogP contribution >= 0.6 is 0 Å². The van der Waals surface area contributed by atoms with Crippen LogP contribution in [0.15, 0.2) is 11.6 Å². The summed E-state index contributed by atoms with van der Waals surface area (Å²) in [5.41, 5.74) is 0.909. The fourth-order valence-electron chi connectivity index (χ4n) is 2.27. The lowest BCUT2D eigenvalue weighted by atomic mass is 9.80. The van der Waals surface area contributed by atoms with Gasteiger partial charge in [-0.05, 0) is 45.4 Å². The Kier molecular flexibility index (Phi) is 4.35. The van der Waals surface area contributed by atoms with Crippen molar-refractivity contribution in [3.05, 3.63) is 11.6 Å². The van der Waals surface area contributed by atoms with Gasteiger partial charge in [0.15, 0.2) is 0 Å². The predicted octanol–water partition coefficient (Wildman–Crippen LogP) is 2.34. The highest BCUT2D eigenvalue weighted by atomic mass is 16.3. The Morgan fingerprint density at radius 1 is 1.53 bits per heavy atom. The zero-order chi connectivity index (χ0) is 11.5. The summed E-state index contributed by atoms with van der Waals surface area (Å²) in [6, 6.07) is 0. The van der Waals surface area contributed by atoms with Crippen LogP contribution in [0.4, 0.5) is 0 Å². The molecule has 0 saturated carbocycles. The first-order chi connectivity index (χ1) is 6.90. The van der Waals surface area contributed by atoms with Crippen molar-refractivity contribution in [2.75, 3.05) is 13.1 Å². The van der Waals surface area contributed by atoms with E-state index in [-0.39, 0.29) is 0 Å². The molecule has 0 heterocycles. The zero-order valence-electron chi connectivity index (χ0n) is 10.5. The Labute approximate surface area is 93.8 Å². The molecule has 1 rings (SSSR count). The fourth-order valence-corrected chi connectivity index (χ4v) is 2.27. The minimum atomic E-state index is -0.602. The molecule has 15 heavy (non-hydrogen) atoms. The number of rotatable bonds is 4. The Hall–Kier alpha value is -0.340. The van der Waals surface area contributed by atoms with Crippen molar-refractivity contribution < 1.29 is 5.11 Å². The maximum absolute atomic E-state index is 9.60. The van der Waals surface area contributed by atoms with Crippen molar-refractivity contribution in [2.24, 2.45) is 11.8 Å². The summed E-state index contributed by atoms with van der Waals surface area (Å²) in [7, 11) is 0. The second-order valence-electron chi connectivity index (χ2n) is 5.55. The van der Waals surface area contributed by atoms with E-state index in [1.54, 1.807) is 0 Å². The second-order valence-corrected chi connectivity index (χ2v) is 5.55. The van der Waals surface area contributed by atoms with Crippen LogP contribution in [0.25, 0.3) is 0 Å². The van der Waals surface area contributed by atoms with E-state index < -0.39 is 5.60 Å². The molecule has 2 heteroatoms. The summed E-state index contributed by atoms with van der Waals surface area (Å²) in [5.74, 6) is 1.42. The van der Waals surface area contributed by atoms with E-state index in [1.165, 1.54) is 18.4 Å². The molecule has 0 unspecified atom stereocenters. The molecule has 0 aromatic heterocycles. The normalized spacial score (nSPS) is 27.7. The smallest absolute Gasteiger partial charge is 0.0715 e. The molecule has 0 aromatic rings. The van der Waals surface area contributed by atoms with Crippen molar-refractivity contribution in [1.82, 2.24) is 5.32 Å². The van der Waals surface area contributed by atoms with Gasteiger partial charge >= 0.3 is 0 Å². The Morgan fingerprint density at radius 2 is 2.20 bits per heavy atom. The van der Waals surface area contributed by atoms with Crippen LogP contribution in [-0.2, 0) is 0 Å².